The van der Waals surface area contributed by atoms with Crippen LogP contribution in [-0.4, -0.2) is 22.3 Å². The number of benzene rings is 1. The molecule has 0 saturated heterocycles. The number of aromatic hydroxyl groups is 1. The third-order valence-electron chi connectivity index (χ3n) is 3.74. The van der Waals surface area contributed by atoms with E-state index < -0.39 is 17.8 Å². The van der Waals surface area contributed by atoms with Gasteiger partial charge in [-0.3, -0.25) is 5.32 Å². The van der Waals surface area contributed by atoms with Crippen molar-refractivity contribution in [3.05, 3.63) is 36.1 Å². The van der Waals surface area contributed by atoms with E-state index in [1.54, 1.807) is 6.08 Å². The van der Waals surface area contributed by atoms with E-state index in [9.17, 15) is 14.7 Å². The maximum Gasteiger partial charge on any atom is 0.416 e. The van der Waals surface area contributed by atoms with Crippen LogP contribution >= 0.6 is 0 Å². The van der Waals surface area contributed by atoms with Gasteiger partial charge >= 0.3 is 12.1 Å². The van der Waals surface area contributed by atoms with Gasteiger partial charge in [0.25, 0.3) is 0 Å². The van der Waals surface area contributed by atoms with Gasteiger partial charge in [-0.05, 0) is 31.1 Å². The number of anilines is 1. The molecular formula is C19H27NO5. The molecule has 0 unspecified atom stereocenters. The monoisotopic (exact) mass is 349 g/mol. The van der Waals surface area contributed by atoms with Crippen LogP contribution in [0.3, 0.4) is 0 Å². The van der Waals surface area contributed by atoms with Crippen molar-refractivity contribution in [3.8, 4) is 5.75 Å². The van der Waals surface area contributed by atoms with Crippen molar-refractivity contribution < 1.29 is 24.5 Å². The SMILES string of the molecule is CCCCCCCCC/C=C/OC(=O)Nc1cccc(O)c1C(=O)O. The fourth-order valence-corrected chi connectivity index (χ4v) is 2.41. The minimum atomic E-state index is -1.33. The minimum absolute atomic E-state index is 0.0158. The number of ether oxygens (including phenoxy) is 1. The molecule has 0 heterocycles. The molecule has 25 heavy (non-hydrogen) atoms. The molecule has 0 bridgehead atoms. The Morgan fingerprint density at radius 2 is 1.80 bits per heavy atom. The first-order chi connectivity index (χ1) is 12.1. The Labute approximate surface area is 148 Å². The second kappa shape index (κ2) is 11.9. The zero-order chi connectivity index (χ0) is 18.5. The molecule has 1 amide bonds. The number of aromatic carboxylic acids is 1. The lowest BCUT2D eigenvalue weighted by Crippen LogP contribution is -2.14. The van der Waals surface area contributed by atoms with E-state index in [1.165, 1.54) is 56.6 Å². The Hall–Kier alpha value is -2.50. The predicted octanol–water partition coefficient (Wildman–Crippen LogP) is 5.29. The molecule has 6 nitrogen and oxygen atoms in total. The minimum Gasteiger partial charge on any atom is -0.507 e. The standard InChI is InChI=1S/C19H27NO5/c1-2-3-4-5-6-7-8-9-10-14-25-19(24)20-15-12-11-13-16(21)17(15)18(22)23/h10-14,21H,2-9H2,1H3,(H,20,24)(H,22,23)/b14-10+. The van der Waals surface area contributed by atoms with E-state index in [4.69, 9.17) is 9.84 Å². The van der Waals surface area contributed by atoms with Crippen LogP contribution in [0.5, 0.6) is 5.75 Å². The highest BCUT2D eigenvalue weighted by Crippen LogP contribution is 2.25. The van der Waals surface area contributed by atoms with Crippen LogP contribution in [0.25, 0.3) is 0 Å². The van der Waals surface area contributed by atoms with E-state index >= 15 is 0 Å². The number of hydrogen-bond acceptors (Lipinski definition) is 4. The highest BCUT2D eigenvalue weighted by atomic mass is 16.5. The van der Waals surface area contributed by atoms with E-state index in [1.807, 2.05) is 0 Å². The Kier molecular flexibility index (Phi) is 9.82. The van der Waals surface area contributed by atoms with E-state index in [0.717, 1.165) is 19.3 Å². The van der Waals surface area contributed by atoms with Gasteiger partial charge < -0.3 is 14.9 Å². The summed E-state index contributed by atoms with van der Waals surface area (Å²) in [5.41, 5.74) is -0.385. The molecule has 0 saturated carbocycles. The number of carboxylic acids is 1. The fraction of sp³-hybridized carbons (Fsp3) is 0.474. The first-order valence-electron chi connectivity index (χ1n) is 8.74. The molecule has 0 atom stereocenters. The number of carbonyl (C=O) groups excluding carboxylic acids is 1. The van der Waals surface area contributed by atoms with Gasteiger partial charge in [0, 0.05) is 0 Å². The summed E-state index contributed by atoms with van der Waals surface area (Å²) in [7, 11) is 0. The van der Waals surface area contributed by atoms with Gasteiger partial charge in [-0.2, -0.15) is 0 Å². The van der Waals surface area contributed by atoms with E-state index in [-0.39, 0.29) is 11.3 Å². The number of amides is 1. The van der Waals surface area contributed by atoms with Crippen LogP contribution in [0.1, 0.15) is 68.6 Å². The lowest BCUT2D eigenvalue weighted by atomic mass is 10.1. The van der Waals surface area contributed by atoms with Gasteiger partial charge in [0.1, 0.15) is 11.3 Å². The zero-order valence-electron chi connectivity index (χ0n) is 14.7. The summed E-state index contributed by atoms with van der Waals surface area (Å²) < 4.78 is 4.88. The number of hydrogen-bond donors (Lipinski definition) is 3. The van der Waals surface area contributed by atoms with Crippen molar-refractivity contribution in [1.82, 2.24) is 0 Å². The number of carbonyl (C=O) groups is 2. The molecule has 0 radical (unpaired) electrons. The van der Waals surface area contributed by atoms with Gasteiger partial charge in [-0.15, -0.1) is 0 Å². The van der Waals surface area contributed by atoms with Crippen molar-refractivity contribution in [3.63, 3.8) is 0 Å². The van der Waals surface area contributed by atoms with Crippen molar-refractivity contribution in [2.24, 2.45) is 0 Å². The highest BCUT2D eigenvalue weighted by molar-refractivity contribution is 6.01. The number of nitrogens with one attached hydrogen (secondary N) is 1. The molecule has 6 heteroatoms. The second-order valence-electron chi connectivity index (χ2n) is 5.82. The Morgan fingerprint density at radius 1 is 1.12 bits per heavy atom. The third-order valence-corrected chi connectivity index (χ3v) is 3.74. The second-order valence-corrected chi connectivity index (χ2v) is 5.82. The molecule has 138 valence electrons. The fourth-order valence-electron chi connectivity index (χ4n) is 2.41. The van der Waals surface area contributed by atoms with E-state index in [0.29, 0.717) is 0 Å². The summed E-state index contributed by atoms with van der Waals surface area (Å²) in [5.74, 6) is -1.75. The van der Waals surface area contributed by atoms with Crippen molar-refractivity contribution in [2.75, 3.05) is 5.32 Å². The molecule has 3 N–H and O–H groups in total. The van der Waals surface area contributed by atoms with Gasteiger partial charge in [0.2, 0.25) is 0 Å². The summed E-state index contributed by atoms with van der Waals surface area (Å²) in [5, 5.41) is 20.9. The smallest absolute Gasteiger partial charge is 0.416 e. The molecule has 1 aromatic rings. The predicted molar refractivity (Wildman–Crippen MR) is 96.9 cm³/mol. The summed E-state index contributed by atoms with van der Waals surface area (Å²) >= 11 is 0. The molecule has 0 aliphatic rings. The maximum absolute atomic E-state index is 11.7. The van der Waals surface area contributed by atoms with Crippen LogP contribution in [0.15, 0.2) is 30.5 Å². The molecule has 0 aliphatic carbocycles. The van der Waals surface area contributed by atoms with Crippen LogP contribution in [0.4, 0.5) is 10.5 Å². The average molecular weight is 349 g/mol. The molecular weight excluding hydrogens is 322 g/mol. The molecule has 0 aliphatic heterocycles. The first kappa shape index (κ1) is 20.5. The maximum atomic E-state index is 11.7. The van der Waals surface area contributed by atoms with Crippen LogP contribution < -0.4 is 5.32 Å². The lowest BCUT2D eigenvalue weighted by Gasteiger charge is -2.08. The van der Waals surface area contributed by atoms with Crippen LogP contribution in [0.2, 0.25) is 0 Å². The normalized spacial score (nSPS) is 10.8. The topological polar surface area (TPSA) is 95.9 Å². The average Bonchev–Trinajstić information content (AvgIpc) is 2.56. The van der Waals surface area contributed by atoms with Gasteiger partial charge in [-0.1, -0.05) is 51.5 Å². The zero-order valence-corrected chi connectivity index (χ0v) is 14.7. The summed E-state index contributed by atoms with van der Waals surface area (Å²) in [6.45, 7) is 2.20. The molecule has 0 spiro atoms. The lowest BCUT2D eigenvalue weighted by molar-refractivity contribution is 0.0695. The van der Waals surface area contributed by atoms with Gasteiger partial charge in [0.05, 0.1) is 11.9 Å². The Morgan fingerprint density at radius 3 is 2.48 bits per heavy atom. The third kappa shape index (κ3) is 8.24. The number of phenols is 1. The van der Waals surface area contributed by atoms with Crippen LogP contribution in [-0.2, 0) is 4.74 Å². The Bertz CT molecular complexity index is 583. The quantitative estimate of drug-likeness (QED) is 0.372. The van der Waals surface area contributed by atoms with Crippen LogP contribution in [0, 0.1) is 0 Å². The van der Waals surface area contributed by atoms with Crippen molar-refractivity contribution in [2.45, 2.75) is 58.3 Å². The molecule has 1 aromatic carbocycles. The Balaban J connectivity index is 2.27. The van der Waals surface area contributed by atoms with Gasteiger partial charge in [-0.25, -0.2) is 9.59 Å². The largest absolute Gasteiger partial charge is 0.507 e. The number of rotatable bonds is 11. The molecule has 0 fully saturated rings. The number of unbranched alkanes of at least 4 members (excludes halogenated alkanes) is 7. The summed E-state index contributed by atoms with van der Waals surface area (Å²) in [6, 6.07) is 4.06. The summed E-state index contributed by atoms with van der Waals surface area (Å²) in [4.78, 5) is 22.8. The summed E-state index contributed by atoms with van der Waals surface area (Å²) in [6.07, 6.45) is 11.6. The number of allylic oxidation sites excluding steroid dienone is 1. The van der Waals surface area contributed by atoms with Crippen molar-refractivity contribution >= 4 is 17.7 Å². The first-order valence-corrected chi connectivity index (χ1v) is 8.74. The highest BCUT2D eigenvalue weighted by Gasteiger charge is 2.16. The molecule has 0 aromatic heterocycles. The molecule has 1 rings (SSSR count). The van der Waals surface area contributed by atoms with Gasteiger partial charge in [0.15, 0.2) is 0 Å². The van der Waals surface area contributed by atoms with Crippen molar-refractivity contribution in [1.29, 1.82) is 0 Å². The number of carboxylic acid groups (broad SMARTS) is 1. The van der Waals surface area contributed by atoms with E-state index in [2.05, 4.69) is 12.2 Å².